The van der Waals surface area contributed by atoms with Gasteiger partial charge in [-0.2, -0.15) is 0 Å². The summed E-state index contributed by atoms with van der Waals surface area (Å²) in [6.45, 7) is 2.71. The molecule has 0 radical (unpaired) electrons. The van der Waals surface area contributed by atoms with Gasteiger partial charge in [-0.15, -0.1) is 0 Å². The second kappa shape index (κ2) is 6.06. The van der Waals surface area contributed by atoms with Crippen molar-refractivity contribution in [2.45, 2.75) is 38.6 Å². The summed E-state index contributed by atoms with van der Waals surface area (Å²) in [6, 6.07) is 5.96. The summed E-state index contributed by atoms with van der Waals surface area (Å²) in [4.78, 5) is 10.7. The van der Waals surface area contributed by atoms with Gasteiger partial charge in [-0.1, -0.05) is 19.1 Å². The molecule has 0 aromatic heterocycles. The first-order chi connectivity index (χ1) is 9.06. The first-order valence-electron chi connectivity index (χ1n) is 6.79. The fourth-order valence-corrected chi connectivity index (χ4v) is 2.56. The van der Waals surface area contributed by atoms with Gasteiger partial charge in [0.1, 0.15) is 5.75 Å². The largest absolute Gasteiger partial charge is 0.493 e. The van der Waals surface area contributed by atoms with Crippen molar-refractivity contribution in [2.75, 3.05) is 6.61 Å². The van der Waals surface area contributed by atoms with Crippen LogP contribution in [0.3, 0.4) is 0 Å². The maximum atomic E-state index is 10.7. The van der Waals surface area contributed by atoms with E-state index in [0.717, 1.165) is 30.8 Å². The van der Waals surface area contributed by atoms with Gasteiger partial charge in [0.15, 0.2) is 0 Å². The Morgan fingerprint density at radius 3 is 3.05 bits per heavy atom. The number of nitrogens with two attached hydrogens (primary N) is 1. The smallest absolute Gasteiger partial charge is 0.303 e. The van der Waals surface area contributed by atoms with Gasteiger partial charge in [0, 0.05) is 12.5 Å². The highest BCUT2D eigenvalue weighted by atomic mass is 16.5. The van der Waals surface area contributed by atoms with Crippen LogP contribution in [0.4, 0.5) is 0 Å². The number of fused-ring (bicyclic) bond motifs is 1. The average molecular weight is 263 g/mol. The van der Waals surface area contributed by atoms with Crippen LogP contribution in [0.2, 0.25) is 0 Å². The number of rotatable bonds is 5. The van der Waals surface area contributed by atoms with Crippen molar-refractivity contribution in [1.82, 2.24) is 0 Å². The van der Waals surface area contributed by atoms with Gasteiger partial charge in [-0.05, 0) is 42.4 Å². The molecule has 0 aliphatic carbocycles. The summed E-state index contributed by atoms with van der Waals surface area (Å²) in [5.74, 6) is 0.277. The highest BCUT2D eigenvalue weighted by Crippen LogP contribution is 2.29. The molecule has 2 unspecified atom stereocenters. The zero-order valence-corrected chi connectivity index (χ0v) is 11.3. The summed E-state index contributed by atoms with van der Waals surface area (Å²) in [5.41, 5.74) is 8.45. The third kappa shape index (κ3) is 3.70. The maximum absolute atomic E-state index is 10.7. The number of carbonyl (C=O) groups is 1. The number of aliphatic carboxylic acids is 1. The minimum atomic E-state index is -0.765. The van der Waals surface area contributed by atoms with E-state index in [1.807, 2.05) is 19.1 Å². The first-order valence-corrected chi connectivity index (χ1v) is 6.79. The highest BCUT2D eigenvalue weighted by molar-refractivity contribution is 5.66. The van der Waals surface area contributed by atoms with Crippen molar-refractivity contribution in [3.05, 3.63) is 29.3 Å². The molecule has 0 saturated carbocycles. The number of aryl methyl sites for hydroxylation is 1. The van der Waals surface area contributed by atoms with Gasteiger partial charge >= 0.3 is 5.97 Å². The molecule has 0 spiro atoms. The second-order valence-corrected chi connectivity index (χ2v) is 5.36. The zero-order chi connectivity index (χ0) is 13.8. The zero-order valence-electron chi connectivity index (χ0n) is 11.3. The fraction of sp³-hybridized carbons (Fsp3) is 0.533. The Labute approximate surface area is 113 Å². The lowest BCUT2D eigenvalue weighted by Gasteiger charge is -2.21. The van der Waals surface area contributed by atoms with E-state index < -0.39 is 5.97 Å². The molecule has 19 heavy (non-hydrogen) atoms. The molecule has 1 aromatic rings. The van der Waals surface area contributed by atoms with Crippen LogP contribution < -0.4 is 10.5 Å². The Morgan fingerprint density at radius 1 is 1.53 bits per heavy atom. The van der Waals surface area contributed by atoms with E-state index in [1.54, 1.807) is 0 Å². The van der Waals surface area contributed by atoms with Crippen LogP contribution in [0.5, 0.6) is 5.75 Å². The third-order valence-electron chi connectivity index (χ3n) is 3.54. The first kappa shape index (κ1) is 13.9. The van der Waals surface area contributed by atoms with E-state index in [4.69, 9.17) is 15.6 Å². The SMILES string of the molecule is CC(CC(=O)O)CC(N)c1ccc2c(c1)CCCO2. The van der Waals surface area contributed by atoms with Gasteiger partial charge < -0.3 is 15.6 Å². The Hall–Kier alpha value is -1.55. The van der Waals surface area contributed by atoms with Crippen LogP contribution in [0, 0.1) is 5.92 Å². The number of benzene rings is 1. The van der Waals surface area contributed by atoms with Crippen molar-refractivity contribution < 1.29 is 14.6 Å². The number of hydrogen-bond acceptors (Lipinski definition) is 3. The summed E-state index contributed by atoms with van der Waals surface area (Å²) in [6.07, 6.45) is 2.93. The molecule has 1 heterocycles. The average Bonchev–Trinajstić information content (AvgIpc) is 2.37. The molecule has 2 atom stereocenters. The van der Waals surface area contributed by atoms with E-state index in [-0.39, 0.29) is 18.4 Å². The molecule has 4 nitrogen and oxygen atoms in total. The molecule has 0 bridgehead atoms. The van der Waals surface area contributed by atoms with Crippen molar-refractivity contribution in [2.24, 2.45) is 11.7 Å². The van der Waals surface area contributed by atoms with E-state index in [2.05, 4.69) is 6.07 Å². The fourth-order valence-electron chi connectivity index (χ4n) is 2.56. The Kier molecular flexibility index (Phi) is 4.43. The van der Waals surface area contributed by atoms with Crippen LogP contribution in [-0.2, 0) is 11.2 Å². The lowest BCUT2D eigenvalue weighted by atomic mass is 9.92. The van der Waals surface area contributed by atoms with Crippen molar-refractivity contribution in [1.29, 1.82) is 0 Å². The minimum Gasteiger partial charge on any atom is -0.493 e. The standard InChI is InChI=1S/C15H21NO3/c1-10(8-15(17)18)7-13(16)11-4-5-14-12(9-11)3-2-6-19-14/h4-5,9-10,13H,2-3,6-8,16H2,1H3,(H,17,18). The van der Waals surface area contributed by atoms with Crippen molar-refractivity contribution in [3.8, 4) is 5.75 Å². The molecular formula is C15H21NO3. The molecule has 3 N–H and O–H groups in total. The molecule has 104 valence electrons. The summed E-state index contributed by atoms with van der Waals surface area (Å²) < 4.78 is 5.57. The van der Waals surface area contributed by atoms with Crippen LogP contribution in [0.25, 0.3) is 0 Å². The highest BCUT2D eigenvalue weighted by Gasteiger charge is 2.16. The molecule has 1 aromatic carbocycles. The minimum absolute atomic E-state index is 0.0831. The predicted octanol–water partition coefficient (Wildman–Crippen LogP) is 2.51. The molecule has 0 amide bonds. The summed E-state index contributed by atoms with van der Waals surface area (Å²) in [5, 5.41) is 8.77. The van der Waals surface area contributed by atoms with Crippen LogP contribution >= 0.6 is 0 Å². The van der Waals surface area contributed by atoms with E-state index in [0.29, 0.717) is 6.42 Å². The topological polar surface area (TPSA) is 72.5 Å². The van der Waals surface area contributed by atoms with Crippen LogP contribution in [0.1, 0.15) is 43.4 Å². The lowest BCUT2D eigenvalue weighted by molar-refractivity contribution is -0.138. The van der Waals surface area contributed by atoms with Gasteiger partial charge in [-0.25, -0.2) is 0 Å². The predicted molar refractivity (Wildman–Crippen MR) is 73.2 cm³/mol. The monoisotopic (exact) mass is 263 g/mol. The van der Waals surface area contributed by atoms with Crippen LogP contribution in [-0.4, -0.2) is 17.7 Å². The molecule has 0 saturated heterocycles. The molecule has 2 rings (SSSR count). The second-order valence-electron chi connectivity index (χ2n) is 5.36. The third-order valence-corrected chi connectivity index (χ3v) is 3.54. The van der Waals surface area contributed by atoms with E-state index in [1.165, 1.54) is 5.56 Å². The number of hydrogen-bond donors (Lipinski definition) is 2. The van der Waals surface area contributed by atoms with E-state index >= 15 is 0 Å². The van der Waals surface area contributed by atoms with Crippen molar-refractivity contribution >= 4 is 5.97 Å². The Morgan fingerprint density at radius 2 is 2.32 bits per heavy atom. The maximum Gasteiger partial charge on any atom is 0.303 e. The number of ether oxygens (including phenoxy) is 1. The summed E-state index contributed by atoms with van der Waals surface area (Å²) >= 11 is 0. The summed E-state index contributed by atoms with van der Waals surface area (Å²) in [7, 11) is 0. The van der Waals surface area contributed by atoms with Crippen LogP contribution in [0.15, 0.2) is 18.2 Å². The Bertz CT molecular complexity index is 459. The number of carboxylic acid groups (broad SMARTS) is 1. The molecule has 1 aliphatic rings. The molecule has 1 aliphatic heterocycles. The van der Waals surface area contributed by atoms with E-state index in [9.17, 15) is 4.79 Å². The lowest BCUT2D eigenvalue weighted by Crippen LogP contribution is -2.17. The molecular weight excluding hydrogens is 242 g/mol. The normalized spacial score (nSPS) is 17.2. The Balaban J connectivity index is 2.02. The molecule has 0 fully saturated rings. The van der Waals surface area contributed by atoms with Gasteiger partial charge in [0.2, 0.25) is 0 Å². The number of carboxylic acids is 1. The van der Waals surface area contributed by atoms with Gasteiger partial charge in [0.25, 0.3) is 0 Å². The van der Waals surface area contributed by atoms with Gasteiger partial charge in [0.05, 0.1) is 6.61 Å². The molecule has 4 heteroatoms. The van der Waals surface area contributed by atoms with Crippen molar-refractivity contribution in [3.63, 3.8) is 0 Å². The van der Waals surface area contributed by atoms with Gasteiger partial charge in [-0.3, -0.25) is 4.79 Å². The quantitative estimate of drug-likeness (QED) is 0.856.